The van der Waals surface area contributed by atoms with Crippen LogP contribution in [0.2, 0.25) is 0 Å². The second-order valence-electron chi connectivity index (χ2n) is 4.96. The summed E-state index contributed by atoms with van der Waals surface area (Å²) in [5, 5.41) is 0. The maximum absolute atomic E-state index is 12.5. The fourth-order valence-corrected chi connectivity index (χ4v) is 2.44. The van der Waals surface area contributed by atoms with Gasteiger partial charge in [0.05, 0.1) is 6.42 Å². The fourth-order valence-electron chi connectivity index (χ4n) is 2.44. The Bertz CT molecular complexity index is 432. The van der Waals surface area contributed by atoms with E-state index in [1.165, 1.54) is 0 Å². The Labute approximate surface area is 106 Å². The molecule has 0 aliphatic heterocycles. The number of hydrogen-bond acceptors (Lipinski definition) is 1. The molecule has 0 radical (unpaired) electrons. The van der Waals surface area contributed by atoms with Gasteiger partial charge in [-0.25, -0.2) is 0 Å². The molecule has 4 heteroatoms. The van der Waals surface area contributed by atoms with Gasteiger partial charge in [-0.3, -0.25) is 0 Å². The number of hydrogen-bond donors (Lipinski definition) is 1. The first-order valence-electron chi connectivity index (χ1n) is 5.95. The van der Waals surface area contributed by atoms with Crippen LogP contribution in [0.5, 0.6) is 0 Å². The second-order valence-corrected chi connectivity index (χ2v) is 4.96. The molecule has 18 heavy (non-hydrogen) atoms. The van der Waals surface area contributed by atoms with Crippen molar-refractivity contribution in [3.05, 3.63) is 33.4 Å². The van der Waals surface area contributed by atoms with Crippen LogP contribution in [0.4, 0.5) is 13.2 Å². The predicted molar refractivity (Wildman–Crippen MR) is 67.7 cm³/mol. The third-order valence-electron chi connectivity index (χ3n) is 3.88. The van der Waals surface area contributed by atoms with E-state index in [9.17, 15) is 13.2 Å². The number of benzene rings is 1. The van der Waals surface area contributed by atoms with Crippen LogP contribution >= 0.6 is 0 Å². The Morgan fingerprint density at radius 3 is 1.50 bits per heavy atom. The predicted octanol–water partition coefficient (Wildman–Crippen LogP) is 4.18. The lowest BCUT2D eigenvalue weighted by atomic mass is 9.85. The molecule has 0 aliphatic carbocycles. The first kappa shape index (κ1) is 15.0. The minimum Gasteiger partial charge on any atom is -0.324 e. The fraction of sp³-hybridized carbons (Fsp3) is 0.571. The van der Waals surface area contributed by atoms with Crippen LogP contribution in [0.15, 0.2) is 0 Å². The van der Waals surface area contributed by atoms with Gasteiger partial charge < -0.3 is 5.73 Å². The highest BCUT2D eigenvalue weighted by molar-refractivity contribution is 5.50. The number of nitrogens with two attached hydrogens (primary N) is 1. The Kier molecular flexibility index (Phi) is 4.11. The van der Waals surface area contributed by atoms with E-state index in [0.717, 1.165) is 27.8 Å². The van der Waals surface area contributed by atoms with Crippen molar-refractivity contribution in [2.24, 2.45) is 5.73 Å². The zero-order valence-electron chi connectivity index (χ0n) is 11.5. The summed E-state index contributed by atoms with van der Waals surface area (Å²) in [6, 6.07) is -0.983. The summed E-state index contributed by atoms with van der Waals surface area (Å²) in [6.07, 6.45) is -5.21. The summed E-state index contributed by atoms with van der Waals surface area (Å²) in [5.74, 6) is 0. The first-order chi connectivity index (χ1) is 8.06. The van der Waals surface area contributed by atoms with E-state index in [4.69, 9.17) is 5.73 Å². The van der Waals surface area contributed by atoms with E-state index >= 15 is 0 Å². The van der Waals surface area contributed by atoms with Crippen molar-refractivity contribution < 1.29 is 13.2 Å². The summed E-state index contributed by atoms with van der Waals surface area (Å²) in [6.45, 7) is 9.55. The normalized spacial score (nSPS) is 13.8. The largest absolute Gasteiger partial charge is 0.390 e. The molecule has 0 fully saturated rings. The van der Waals surface area contributed by atoms with Gasteiger partial charge in [0.1, 0.15) is 0 Å². The van der Waals surface area contributed by atoms with Crippen molar-refractivity contribution in [1.29, 1.82) is 0 Å². The van der Waals surface area contributed by atoms with Gasteiger partial charge in [0.2, 0.25) is 0 Å². The molecule has 0 bridgehead atoms. The van der Waals surface area contributed by atoms with Gasteiger partial charge >= 0.3 is 6.18 Å². The van der Waals surface area contributed by atoms with Gasteiger partial charge in [-0.1, -0.05) is 0 Å². The SMILES string of the molecule is Cc1c(C)c(C)c(C(N)CC(F)(F)F)c(C)c1C. The van der Waals surface area contributed by atoms with Crippen molar-refractivity contribution >= 4 is 0 Å². The third-order valence-corrected chi connectivity index (χ3v) is 3.88. The molecule has 1 unspecified atom stereocenters. The smallest absolute Gasteiger partial charge is 0.324 e. The highest BCUT2D eigenvalue weighted by Gasteiger charge is 2.32. The van der Waals surface area contributed by atoms with Crippen LogP contribution in [0, 0.1) is 34.6 Å². The molecule has 1 nitrogen and oxygen atoms in total. The van der Waals surface area contributed by atoms with Gasteiger partial charge in [0.15, 0.2) is 0 Å². The summed E-state index contributed by atoms with van der Waals surface area (Å²) in [7, 11) is 0. The molecule has 0 amide bonds. The lowest BCUT2D eigenvalue weighted by molar-refractivity contribution is -0.138. The molecule has 0 saturated carbocycles. The van der Waals surface area contributed by atoms with Gasteiger partial charge in [-0.15, -0.1) is 0 Å². The first-order valence-corrected chi connectivity index (χ1v) is 5.95. The zero-order valence-corrected chi connectivity index (χ0v) is 11.5. The molecular formula is C14H20F3N. The molecule has 2 N–H and O–H groups in total. The van der Waals surface area contributed by atoms with Crippen LogP contribution in [0.25, 0.3) is 0 Å². The van der Waals surface area contributed by atoms with Gasteiger partial charge in [0.25, 0.3) is 0 Å². The van der Waals surface area contributed by atoms with Crippen molar-refractivity contribution in [3.63, 3.8) is 0 Å². The third kappa shape index (κ3) is 2.86. The van der Waals surface area contributed by atoms with Crippen molar-refractivity contribution in [3.8, 4) is 0 Å². The van der Waals surface area contributed by atoms with Crippen LogP contribution < -0.4 is 5.73 Å². The number of alkyl halides is 3. The molecule has 0 spiro atoms. The Balaban J connectivity index is 3.33. The van der Waals surface area contributed by atoms with Crippen LogP contribution in [0.3, 0.4) is 0 Å². The minimum absolute atomic E-state index is 0.646. The van der Waals surface area contributed by atoms with Gasteiger partial charge in [-0.05, 0) is 68.0 Å². The van der Waals surface area contributed by atoms with E-state index in [1.807, 2.05) is 34.6 Å². The molecule has 1 aromatic carbocycles. The lowest BCUT2D eigenvalue weighted by Crippen LogP contribution is -2.22. The molecule has 1 aromatic rings. The minimum atomic E-state index is -4.23. The average Bonchev–Trinajstić information content (AvgIpc) is 2.21. The van der Waals surface area contributed by atoms with Gasteiger partial charge in [0, 0.05) is 6.04 Å². The molecule has 0 aliphatic rings. The summed E-state index contributed by atoms with van der Waals surface area (Å²) in [5.41, 5.74) is 11.4. The topological polar surface area (TPSA) is 26.0 Å². The molecule has 0 heterocycles. The van der Waals surface area contributed by atoms with E-state index in [1.54, 1.807) is 0 Å². The van der Waals surface area contributed by atoms with Crippen LogP contribution in [-0.4, -0.2) is 6.18 Å². The van der Waals surface area contributed by atoms with E-state index < -0.39 is 18.6 Å². The van der Waals surface area contributed by atoms with Crippen LogP contribution in [0.1, 0.15) is 45.8 Å². The van der Waals surface area contributed by atoms with E-state index in [-0.39, 0.29) is 0 Å². The van der Waals surface area contributed by atoms with E-state index in [2.05, 4.69) is 0 Å². The van der Waals surface area contributed by atoms with Gasteiger partial charge in [-0.2, -0.15) is 13.2 Å². The molecule has 0 saturated heterocycles. The summed E-state index contributed by atoms with van der Waals surface area (Å²) < 4.78 is 37.4. The quantitative estimate of drug-likeness (QED) is 0.847. The summed E-state index contributed by atoms with van der Waals surface area (Å²) in [4.78, 5) is 0. The monoisotopic (exact) mass is 259 g/mol. The zero-order chi connectivity index (χ0) is 14.2. The summed E-state index contributed by atoms with van der Waals surface area (Å²) >= 11 is 0. The lowest BCUT2D eigenvalue weighted by Gasteiger charge is -2.23. The Hall–Kier alpha value is -1.03. The molecule has 0 aromatic heterocycles. The van der Waals surface area contributed by atoms with Crippen molar-refractivity contribution in [1.82, 2.24) is 0 Å². The highest BCUT2D eigenvalue weighted by Crippen LogP contribution is 2.34. The molecule has 1 atom stereocenters. The number of halogens is 3. The van der Waals surface area contributed by atoms with Crippen molar-refractivity contribution in [2.45, 2.75) is 53.3 Å². The maximum Gasteiger partial charge on any atom is 0.390 e. The molecule has 1 rings (SSSR count). The maximum atomic E-state index is 12.5. The molecular weight excluding hydrogens is 239 g/mol. The molecule has 102 valence electrons. The van der Waals surface area contributed by atoms with E-state index in [0.29, 0.717) is 5.56 Å². The Morgan fingerprint density at radius 2 is 1.17 bits per heavy atom. The second kappa shape index (κ2) is 4.92. The van der Waals surface area contributed by atoms with Crippen molar-refractivity contribution in [2.75, 3.05) is 0 Å². The number of rotatable bonds is 2. The Morgan fingerprint density at radius 1 is 0.833 bits per heavy atom. The van der Waals surface area contributed by atoms with Crippen LogP contribution in [-0.2, 0) is 0 Å². The standard InChI is InChI=1S/C14H20F3N/c1-7-8(2)10(4)13(11(5)9(7)3)12(18)6-14(15,16)17/h12H,6,18H2,1-5H3. The average molecular weight is 259 g/mol. The highest BCUT2D eigenvalue weighted by atomic mass is 19.4.